The molecule has 0 unspecified atom stereocenters. The first-order valence-electron chi connectivity index (χ1n) is 6.50. The lowest BCUT2D eigenvalue weighted by Gasteiger charge is -2.15. The zero-order valence-electron chi connectivity index (χ0n) is 9.35. The van der Waals surface area contributed by atoms with Crippen molar-refractivity contribution in [3.05, 3.63) is 5.82 Å². The summed E-state index contributed by atoms with van der Waals surface area (Å²) in [5.74, 6) is 3.64. The van der Waals surface area contributed by atoms with Gasteiger partial charge in [-0.2, -0.15) is 4.37 Å². The molecule has 0 bridgehead atoms. The lowest BCUT2D eigenvalue weighted by atomic mass is 10.1. The molecule has 1 heterocycles. The molecule has 0 atom stereocenters. The third-order valence-corrected chi connectivity index (χ3v) is 4.59. The van der Waals surface area contributed by atoms with Crippen LogP contribution in [0.15, 0.2) is 0 Å². The highest BCUT2D eigenvalue weighted by molar-refractivity contribution is 7.09. The normalized spacial score (nSPS) is 25.1. The molecule has 0 aliphatic heterocycles. The number of hydrogen-bond acceptors (Lipinski definition) is 4. The van der Waals surface area contributed by atoms with Gasteiger partial charge < -0.3 is 5.32 Å². The average Bonchev–Trinajstić information content (AvgIpc) is 3.08. The van der Waals surface area contributed by atoms with E-state index in [-0.39, 0.29) is 0 Å². The van der Waals surface area contributed by atoms with E-state index >= 15 is 0 Å². The highest BCUT2D eigenvalue weighted by atomic mass is 32.1. The van der Waals surface area contributed by atoms with Crippen molar-refractivity contribution in [3.63, 3.8) is 0 Å². The van der Waals surface area contributed by atoms with Crippen molar-refractivity contribution in [1.29, 1.82) is 0 Å². The Bertz CT molecular complexity index is 379. The Morgan fingerprint density at radius 1 is 1.06 bits per heavy atom. The second-order valence-corrected chi connectivity index (χ2v) is 6.33. The van der Waals surface area contributed by atoms with Crippen LogP contribution in [0.25, 0.3) is 0 Å². The van der Waals surface area contributed by atoms with Crippen LogP contribution in [0, 0.1) is 11.8 Å². The summed E-state index contributed by atoms with van der Waals surface area (Å²) < 4.78 is 4.46. The minimum absolute atomic E-state index is 0.687. The first-order chi connectivity index (χ1) is 7.90. The van der Waals surface area contributed by atoms with Gasteiger partial charge in [-0.15, -0.1) is 0 Å². The summed E-state index contributed by atoms with van der Waals surface area (Å²) in [5, 5.41) is 4.73. The van der Waals surface area contributed by atoms with Gasteiger partial charge in [0.05, 0.1) is 0 Å². The predicted octanol–water partition coefficient (Wildman–Crippen LogP) is 3.02. The van der Waals surface area contributed by atoms with Crippen molar-refractivity contribution < 1.29 is 0 Å². The van der Waals surface area contributed by atoms with Gasteiger partial charge in [0, 0.05) is 23.5 Å². The van der Waals surface area contributed by atoms with Gasteiger partial charge in [0.15, 0.2) is 0 Å². The molecule has 0 spiro atoms. The topological polar surface area (TPSA) is 37.8 Å². The Hall–Kier alpha value is -0.640. The number of rotatable bonds is 5. The fourth-order valence-corrected chi connectivity index (χ4v) is 3.17. The summed E-state index contributed by atoms with van der Waals surface area (Å²) in [6.07, 6.45) is 8.27. The largest absolute Gasteiger partial charge is 0.357 e. The molecule has 0 aromatic carbocycles. The summed E-state index contributed by atoms with van der Waals surface area (Å²) in [6.45, 7) is 0. The molecule has 4 rings (SSSR count). The smallest absolute Gasteiger partial charge is 0.202 e. The summed E-state index contributed by atoms with van der Waals surface area (Å²) in [4.78, 5) is 4.63. The summed E-state index contributed by atoms with van der Waals surface area (Å²) in [6, 6.07) is 0.708. The van der Waals surface area contributed by atoms with E-state index in [4.69, 9.17) is 0 Å². The van der Waals surface area contributed by atoms with Gasteiger partial charge in [-0.05, 0) is 50.4 Å². The molecule has 0 radical (unpaired) electrons. The Kier molecular flexibility index (Phi) is 2.01. The fourth-order valence-electron chi connectivity index (χ4n) is 2.47. The van der Waals surface area contributed by atoms with Gasteiger partial charge in [-0.1, -0.05) is 0 Å². The number of aromatic nitrogens is 2. The lowest BCUT2D eigenvalue weighted by molar-refractivity contribution is 0.567. The molecular weight excluding hydrogens is 218 g/mol. The van der Waals surface area contributed by atoms with Gasteiger partial charge in [0.1, 0.15) is 5.82 Å². The molecule has 3 fully saturated rings. The number of hydrogen-bond donors (Lipinski definition) is 1. The summed E-state index contributed by atoms with van der Waals surface area (Å²) in [7, 11) is 0. The fraction of sp³-hybridized carbons (Fsp3) is 0.833. The minimum atomic E-state index is 0.687. The van der Waals surface area contributed by atoms with Crippen LogP contribution < -0.4 is 5.32 Å². The van der Waals surface area contributed by atoms with Gasteiger partial charge in [-0.25, -0.2) is 4.98 Å². The minimum Gasteiger partial charge on any atom is -0.357 e. The van der Waals surface area contributed by atoms with Crippen LogP contribution >= 0.6 is 11.5 Å². The monoisotopic (exact) mass is 235 g/mol. The quantitative estimate of drug-likeness (QED) is 0.852. The maximum Gasteiger partial charge on any atom is 0.202 e. The standard InChI is InChI=1S/C12H17N3S/c1-2-7(1)10(8-3-4-8)13-12-14-11(15-16-12)9-5-6-9/h7-10H,1-6H2,(H,13,14,15). The summed E-state index contributed by atoms with van der Waals surface area (Å²) in [5.41, 5.74) is 0. The van der Waals surface area contributed by atoms with Crippen molar-refractivity contribution in [1.82, 2.24) is 9.36 Å². The van der Waals surface area contributed by atoms with Crippen molar-refractivity contribution in [2.75, 3.05) is 5.32 Å². The maximum atomic E-state index is 4.63. The van der Waals surface area contributed by atoms with Crippen molar-refractivity contribution >= 4 is 16.7 Å². The molecule has 3 saturated carbocycles. The molecule has 86 valence electrons. The third kappa shape index (κ3) is 1.83. The SMILES string of the molecule is C1CC1c1nsc(NC(C2CC2)C2CC2)n1. The van der Waals surface area contributed by atoms with Gasteiger partial charge in [0.2, 0.25) is 5.13 Å². The van der Waals surface area contributed by atoms with Crippen molar-refractivity contribution in [2.45, 2.75) is 50.5 Å². The Morgan fingerprint density at radius 2 is 1.75 bits per heavy atom. The molecule has 3 nitrogen and oxygen atoms in total. The molecule has 0 saturated heterocycles. The molecule has 1 aromatic rings. The van der Waals surface area contributed by atoms with Gasteiger partial charge in [-0.3, -0.25) is 0 Å². The Labute approximate surface area is 99.8 Å². The zero-order valence-corrected chi connectivity index (χ0v) is 10.2. The van der Waals surface area contributed by atoms with Crippen LogP contribution in [0.5, 0.6) is 0 Å². The van der Waals surface area contributed by atoms with E-state index in [0.29, 0.717) is 12.0 Å². The molecule has 3 aliphatic carbocycles. The first kappa shape index (κ1) is 9.40. The van der Waals surface area contributed by atoms with Crippen LogP contribution in [-0.2, 0) is 0 Å². The maximum absolute atomic E-state index is 4.63. The molecule has 1 aromatic heterocycles. The zero-order chi connectivity index (χ0) is 10.5. The van der Waals surface area contributed by atoms with E-state index < -0.39 is 0 Å². The highest BCUT2D eigenvalue weighted by Crippen LogP contribution is 2.46. The Balaban J connectivity index is 1.46. The summed E-state index contributed by atoms with van der Waals surface area (Å²) >= 11 is 1.56. The lowest BCUT2D eigenvalue weighted by Crippen LogP contribution is -2.24. The van der Waals surface area contributed by atoms with Crippen molar-refractivity contribution in [2.24, 2.45) is 11.8 Å². The van der Waals surface area contributed by atoms with Crippen LogP contribution in [0.1, 0.15) is 50.3 Å². The molecule has 3 aliphatic rings. The van der Waals surface area contributed by atoms with E-state index in [1.807, 2.05) is 0 Å². The van der Waals surface area contributed by atoms with E-state index in [2.05, 4.69) is 14.7 Å². The highest BCUT2D eigenvalue weighted by Gasteiger charge is 2.42. The predicted molar refractivity (Wildman–Crippen MR) is 64.7 cm³/mol. The second-order valence-electron chi connectivity index (χ2n) is 5.58. The van der Waals surface area contributed by atoms with Crippen LogP contribution in [0.4, 0.5) is 5.13 Å². The van der Waals surface area contributed by atoms with Crippen LogP contribution in [0.2, 0.25) is 0 Å². The Morgan fingerprint density at radius 3 is 2.31 bits per heavy atom. The van der Waals surface area contributed by atoms with Gasteiger partial charge in [0.25, 0.3) is 0 Å². The second kappa shape index (κ2) is 3.42. The van der Waals surface area contributed by atoms with E-state index in [1.54, 1.807) is 11.5 Å². The first-order valence-corrected chi connectivity index (χ1v) is 7.27. The number of nitrogens with zero attached hydrogens (tertiary/aromatic N) is 2. The van der Waals surface area contributed by atoms with Crippen LogP contribution in [0.3, 0.4) is 0 Å². The van der Waals surface area contributed by atoms with E-state index in [0.717, 1.165) is 22.8 Å². The van der Waals surface area contributed by atoms with E-state index in [9.17, 15) is 0 Å². The van der Waals surface area contributed by atoms with Crippen LogP contribution in [-0.4, -0.2) is 15.4 Å². The molecule has 4 heteroatoms. The molecule has 0 amide bonds. The molecule has 1 N–H and O–H groups in total. The number of anilines is 1. The van der Waals surface area contributed by atoms with Gasteiger partial charge >= 0.3 is 0 Å². The average molecular weight is 235 g/mol. The number of nitrogens with one attached hydrogen (secondary N) is 1. The van der Waals surface area contributed by atoms with Crippen molar-refractivity contribution in [3.8, 4) is 0 Å². The molecule has 16 heavy (non-hydrogen) atoms. The van der Waals surface area contributed by atoms with E-state index in [1.165, 1.54) is 38.5 Å². The molecular formula is C12H17N3S. The third-order valence-electron chi connectivity index (χ3n) is 3.93.